The van der Waals surface area contributed by atoms with Crippen LogP contribution in [0, 0.1) is 0 Å². The van der Waals surface area contributed by atoms with Crippen molar-refractivity contribution in [1.29, 1.82) is 0 Å². The SMILES string of the molecule is CCC[CH2][Sn]1([CH2]CCC)[O]C(=O)CCSCSCCC(=O)[O]1. The fourth-order valence-electron chi connectivity index (χ4n) is 2.25. The molecule has 1 heterocycles. The standard InChI is InChI=1S/C7H12O4S2.2C4H9.Sn/c8-6(9)1-3-12-5-13-4-2-7(10)11;2*1-3-4-2;/h1-5H2,(H,8,9)(H,10,11);2*1,3-4H2,2H3;/q;;;+2/p-2. The second-order valence-electron chi connectivity index (χ2n) is 5.50. The Morgan fingerprint density at radius 3 is 1.77 bits per heavy atom. The first kappa shape index (κ1) is 20.5. The van der Waals surface area contributed by atoms with Crippen molar-refractivity contribution in [3.8, 4) is 0 Å². The molecule has 1 fully saturated rings. The second-order valence-corrected chi connectivity index (χ2v) is 17.3. The van der Waals surface area contributed by atoms with Gasteiger partial charge in [0.1, 0.15) is 0 Å². The molecule has 128 valence electrons. The summed E-state index contributed by atoms with van der Waals surface area (Å²) in [5.41, 5.74) is 0. The summed E-state index contributed by atoms with van der Waals surface area (Å²) >= 11 is -0.130. The molecule has 0 radical (unpaired) electrons. The van der Waals surface area contributed by atoms with Gasteiger partial charge in [-0.2, -0.15) is 0 Å². The molecule has 22 heavy (non-hydrogen) atoms. The molecule has 0 atom stereocenters. The van der Waals surface area contributed by atoms with E-state index in [2.05, 4.69) is 13.8 Å². The fraction of sp³-hybridized carbons (Fsp3) is 0.867. The molecular formula is C15H28O4S2Sn. The van der Waals surface area contributed by atoms with Crippen LogP contribution in [-0.2, 0) is 15.7 Å². The molecular weight excluding hydrogens is 427 g/mol. The quantitative estimate of drug-likeness (QED) is 0.556. The van der Waals surface area contributed by atoms with Crippen LogP contribution >= 0.6 is 23.5 Å². The molecule has 1 saturated heterocycles. The third-order valence-electron chi connectivity index (χ3n) is 3.49. The predicted molar refractivity (Wildman–Crippen MR) is 96.4 cm³/mol. The van der Waals surface area contributed by atoms with Crippen molar-refractivity contribution < 1.29 is 15.7 Å². The number of carbonyl (C=O) groups excluding carboxylic acids is 2. The minimum atomic E-state index is -3.61. The summed E-state index contributed by atoms with van der Waals surface area (Å²) in [6, 6.07) is 0. The van der Waals surface area contributed by atoms with Crippen molar-refractivity contribution in [2.24, 2.45) is 0 Å². The van der Waals surface area contributed by atoms with Crippen LogP contribution in [0.3, 0.4) is 0 Å². The monoisotopic (exact) mass is 456 g/mol. The molecule has 0 saturated carbocycles. The van der Waals surface area contributed by atoms with E-state index in [1.54, 1.807) is 23.5 Å². The zero-order chi connectivity index (χ0) is 16.3. The maximum atomic E-state index is 12.2. The molecule has 0 amide bonds. The maximum absolute atomic E-state index is 12.2. The third-order valence-corrected chi connectivity index (χ3v) is 15.6. The summed E-state index contributed by atoms with van der Waals surface area (Å²) in [6.07, 6.45) is 4.88. The third kappa shape index (κ3) is 8.34. The average Bonchev–Trinajstić information content (AvgIpc) is 2.48. The predicted octanol–water partition coefficient (Wildman–Crippen LogP) is 4.33. The Kier molecular flexibility index (Phi) is 11.1. The molecule has 1 aliphatic rings. The Hall–Kier alpha value is 0.439. The Morgan fingerprint density at radius 1 is 0.909 bits per heavy atom. The molecule has 1 rings (SSSR count). The first-order valence-electron chi connectivity index (χ1n) is 8.21. The van der Waals surface area contributed by atoms with Gasteiger partial charge in [0.15, 0.2) is 0 Å². The zero-order valence-electron chi connectivity index (χ0n) is 13.7. The van der Waals surface area contributed by atoms with Crippen LogP contribution < -0.4 is 0 Å². The van der Waals surface area contributed by atoms with Gasteiger partial charge < -0.3 is 0 Å². The van der Waals surface area contributed by atoms with Crippen LogP contribution in [0.1, 0.15) is 52.4 Å². The second kappa shape index (κ2) is 11.9. The zero-order valence-corrected chi connectivity index (χ0v) is 18.2. The number of carbonyl (C=O) groups is 2. The van der Waals surface area contributed by atoms with Gasteiger partial charge in [-0.05, 0) is 0 Å². The minimum absolute atomic E-state index is 0.158. The van der Waals surface area contributed by atoms with Crippen molar-refractivity contribution in [1.82, 2.24) is 0 Å². The van der Waals surface area contributed by atoms with Gasteiger partial charge in [0.25, 0.3) is 0 Å². The summed E-state index contributed by atoms with van der Waals surface area (Å²) < 4.78 is 13.4. The van der Waals surface area contributed by atoms with Gasteiger partial charge in [0, 0.05) is 0 Å². The van der Waals surface area contributed by atoms with Gasteiger partial charge in [-0.1, -0.05) is 0 Å². The molecule has 0 aromatic heterocycles. The molecule has 1 aliphatic heterocycles. The van der Waals surface area contributed by atoms with Crippen molar-refractivity contribution in [3.63, 3.8) is 0 Å². The van der Waals surface area contributed by atoms with Crippen LogP contribution in [-0.4, -0.2) is 47.7 Å². The number of unbranched alkanes of at least 4 members (excludes halogenated alkanes) is 2. The van der Waals surface area contributed by atoms with E-state index < -0.39 is 19.2 Å². The van der Waals surface area contributed by atoms with E-state index >= 15 is 0 Å². The van der Waals surface area contributed by atoms with E-state index in [1.807, 2.05) is 0 Å². The molecule has 0 N–H and O–H groups in total. The summed E-state index contributed by atoms with van der Waals surface area (Å²) in [7, 11) is 0. The molecule has 0 aromatic carbocycles. The van der Waals surface area contributed by atoms with E-state index in [0.29, 0.717) is 12.8 Å². The molecule has 0 aromatic rings. The van der Waals surface area contributed by atoms with Gasteiger partial charge >= 0.3 is 148 Å². The van der Waals surface area contributed by atoms with Gasteiger partial charge in [0.05, 0.1) is 0 Å². The van der Waals surface area contributed by atoms with E-state index in [-0.39, 0.29) is 11.9 Å². The molecule has 0 aliphatic carbocycles. The summed E-state index contributed by atoms with van der Waals surface area (Å²) in [5, 5.41) is 0.917. The van der Waals surface area contributed by atoms with Crippen LogP contribution in [0.25, 0.3) is 0 Å². The summed E-state index contributed by atoms with van der Waals surface area (Å²) in [4.78, 5) is 24.3. The molecule has 7 heteroatoms. The van der Waals surface area contributed by atoms with Crippen molar-refractivity contribution in [2.75, 3.05) is 16.6 Å². The summed E-state index contributed by atoms with van der Waals surface area (Å²) in [5.74, 6) is 1.27. The normalized spacial score (nSPS) is 20.5. The number of thioether (sulfide) groups is 2. The van der Waals surface area contributed by atoms with E-state index in [9.17, 15) is 9.59 Å². The van der Waals surface area contributed by atoms with E-state index in [4.69, 9.17) is 6.15 Å². The number of hydrogen-bond donors (Lipinski definition) is 0. The molecule has 0 spiro atoms. The first-order valence-corrected chi connectivity index (χ1v) is 16.9. The topological polar surface area (TPSA) is 52.6 Å². The summed E-state index contributed by atoms with van der Waals surface area (Å²) in [6.45, 7) is 4.23. The van der Waals surface area contributed by atoms with Crippen LogP contribution in [0.4, 0.5) is 0 Å². The van der Waals surface area contributed by atoms with Crippen molar-refractivity contribution in [3.05, 3.63) is 0 Å². The first-order chi connectivity index (χ1) is 10.6. The molecule has 4 nitrogen and oxygen atoms in total. The number of rotatable bonds is 6. The Labute approximate surface area is 147 Å². The van der Waals surface area contributed by atoms with Gasteiger partial charge in [-0.3, -0.25) is 0 Å². The van der Waals surface area contributed by atoms with Crippen LogP contribution in [0.5, 0.6) is 0 Å². The molecule has 0 unspecified atom stereocenters. The van der Waals surface area contributed by atoms with Crippen LogP contribution in [0.2, 0.25) is 8.87 Å². The van der Waals surface area contributed by atoms with Gasteiger partial charge in [-0.15, -0.1) is 0 Å². The van der Waals surface area contributed by atoms with E-state index in [0.717, 1.165) is 51.1 Å². The fourth-order valence-corrected chi connectivity index (χ4v) is 14.3. The molecule has 0 bridgehead atoms. The van der Waals surface area contributed by atoms with E-state index in [1.165, 1.54) is 0 Å². The van der Waals surface area contributed by atoms with Gasteiger partial charge in [-0.25, -0.2) is 0 Å². The Bertz CT molecular complexity index is 320. The van der Waals surface area contributed by atoms with Gasteiger partial charge in [0.2, 0.25) is 0 Å². The number of hydrogen-bond acceptors (Lipinski definition) is 6. The van der Waals surface area contributed by atoms with Crippen LogP contribution in [0.15, 0.2) is 0 Å². The average molecular weight is 455 g/mol. The Balaban J connectivity index is 2.84. The van der Waals surface area contributed by atoms with Crippen molar-refractivity contribution >= 4 is 54.7 Å². The van der Waals surface area contributed by atoms with Crippen molar-refractivity contribution in [2.45, 2.75) is 61.2 Å². The Morgan fingerprint density at radius 2 is 1.36 bits per heavy atom.